The Morgan fingerprint density at radius 3 is 2.70 bits per heavy atom. The van der Waals surface area contributed by atoms with Crippen LogP contribution in [0.15, 0.2) is 48.9 Å². The first kappa shape index (κ1) is 17.1. The van der Waals surface area contributed by atoms with E-state index in [0.717, 1.165) is 19.3 Å². The van der Waals surface area contributed by atoms with Gasteiger partial charge in [-0.05, 0) is 37.5 Å². The molecular weight excluding hydrogens is 349 g/mol. The van der Waals surface area contributed by atoms with E-state index in [4.69, 9.17) is 0 Å². The van der Waals surface area contributed by atoms with Gasteiger partial charge in [0.2, 0.25) is 0 Å². The van der Waals surface area contributed by atoms with Gasteiger partial charge >= 0.3 is 0 Å². The lowest BCUT2D eigenvalue weighted by molar-refractivity contribution is 0.0788. The van der Waals surface area contributed by atoms with E-state index in [2.05, 4.69) is 20.7 Å². The van der Waals surface area contributed by atoms with Gasteiger partial charge in [-0.2, -0.15) is 5.10 Å². The summed E-state index contributed by atoms with van der Waals surface area (Å²) in [6.07, 6.45) is 7.21. The minimum Gasteiger partial charge on any atom is -0.350 e. The van der Waals surface area contributed by atoms with Crippen molar-refractivity contribution in [3.63, 3.8) is 0 Å². The SMILES string of the molecule is O=C(NCC1(NC(=O)c2cnn3cccnc23)CCC1)c1ccccc1F. The van der Waals surface area contributed by atoms with Gasteiger partial charge in [-0.1, -0.05) is 12.1 Å². The summed E-state index contributed by atoms with van der Waals surface area (Å²) in [6, 6.07) is 7.55. The maximum Gasteiger partial charge on any atom is 0.257 e. The van der Waals surface area contributed by atoms with Gasteiger partial charge in [-0.15, -0.1) is 0 Å². The highest BCUT2D eigenvalue weighted by Gasteiger charge is 2.39. The highest BCUT2D eigenvalue weighted by atomic mass is 19.1. The summed E-state index contributed by atoms with van der Waals surface area (Å²) in [5.41, 5.74) is 0.299. The molecule has 138 valence electrons. The molecular formula is C19H18FN5O2. The summed E-state index contributed by atoms with van der Waals surface area (Å²) in [4.78, 5) is 29.2. The topological polar surface area (TPSA) is 88.4 Å². The highest BCUT2D eigenvalue weighted by Crippen LogP contribution is 2.31. The van der Waals surface area contributed by atoms with Crippen LogP contribution in [0.5, 0.6) is 0 Å². The summed E-state index contributed by atoms with van der Waals surface area (Å²) in [6.45, 7) is 0.235. The van der Waals surface area contributed by atoms with Crippen molar-refractivity contribution in [1.29, 1.82) is 0 Å². The van der Waals surface area contributed by atoms with Crippen LogP contribution in [0.25, 0.3) is 5.65 Å². The van der Waals surface area contributed by atoms with Gasteiger partial charge in [0.15, 0.2) is 5.65 Å². The van der Waals surface area contributed by atoms with Crippen molar-refractivity contribution >= 4 is 17.5 Å². The van der Waals surface area contributed by atoms with Crippen LogP contribution < -0.4 is 10.6 Å². The average Bonchev–Trinajstić information content (AvgIpc) is 3.08. The number of hydrogen-bond donors (Lipinski definition) is 2. The fraction of sp³-hybridized carbons (Fsp3) is 0.263. The van der Waals surface area contributed by atoms with Gasteiger partial charge in [0.05, 0.1) is 17.3 Å². The van der Waals surface area contributed by atoms with Crippen LogP contribution in [0.2, 0.25) is 0 Å². The molecule has 4 rings (SSSR count). The van der Waals surface area contributed by atoms with Crippen LogP contribution in [0.1, 0.15) is 40.0 Å². The number of aromatic nitrogens is 3. The molecule has 27 heavy (non-hydrogen) atoms. The zero-order chi connectivity index (χ0) is 18.9. The van der Waals surface area contributed by atoms with Crippen LogP contribution in [0.3, 0.4) is 0 Å². The van der Waals surface area contributed by atoms with E-state index in [-0.39, 0.29) is 18.0 Å². The van der Waals surface area contributed by atoms with Gasteiger partial charge < -0.3 is 10.6 Å². The van der Waals surface area contributed by atoms with Gasteiger partial charge in [-0.3, -0.25) is 9.59 Å². The second-order valence-corrected chi connectivity index (χ2v) is 6.70. The maximum atomic E-state index is 13.8. The number of carbonyl (C=O) groups is 2. The third-order valence-corrected chi connectivity index (χ3v) is 4.92. The molecule has 0 radical (unpaired) electrons. The Kier molecular flexibility index (Phi) is 4.31. The predicted octanol–water partition coefficient (Wildman–Crippen LogP) is 1.95. The molecule has 1 aromatic carbocycles. The van der Waals surface area contributed by atoms with Crippen LogP contribution in [-0.4, -0.2) is 38.5 Å². The van der Waals surface area contributed by atoms with Crippen molar-refractivity contribution in [1.82, 2.24) is 25.2 Å². The molecule has 1 aliphatic carbocycles. The molecule has 0 aliphatic heterocycles. The highest BCUT2D eigenvalue weighted by molar-refractivity contribution is 6.00. The fourth-order valence-electron chi connectivity index (χ4n) is 3.24. The van der Waals surface area contributed by atoms with Crippen LogP contribution >= 0.6 is 0 Å². The summed E-state index contributed by atoms with van der Waals surface area (Å²) in [5, 5.41) is 9.86. The van der Waals surface area contributed by atoms with E-state index in [1.54, 1.807) is 24.5 Å². The summed E-state index contributed by atoms with van der Waals surface area (Å²) in [7, 11) is 0. The largest absolute Gasteiger partial charge is 0.350 e. The number of fused-ring (bicyclic) bond motifs is 1. The third-order valence-electron chi connectivity index (χ3n) is 4.92. The molecule has 0 bridgehead atoms. The lowest BCUT2D eigenvalue weighted by Crippen LogP contribution is -2.59. The molecule has 2 N–H and O–H groups in total. The van der Waals surface area contributed by atoms with Crippen molar-refractivity contribution in [2.75, 3.05) is 6.54 Å². The molecule has 7 nitrogen and oxygen atoms in total. The van der Waals surface area contributed by atoms with Gasteiger partial charge in [-0.25, -0.2) is 13.9 Å². The van der Waals surface area contributed by atoms with Crippen LogP contribution in [0.4, 0.5) is 4.39 Å². The second kappa shape index (κ2) is 6.79. The molecule has 1 fully saturated rings. The molecule has 3 aromatic rings. The van der Waals surface area contributed by atoms with Crippen LogP contribution in [-0.2, 0) is 0 Å². The summed E-state index contributed by atoms with van der Waals surface area (Å²) >= 11 is 0. The second-order valence-electron chi connectivity index (χ2n) is 6.70. The molecule has 0 atom stereocenters. The van der Waals surface area contributed by atoms with Crippen molar-refractivity contribution in [2.45, 2.75) is 24.8 Å². The number of nitrogens with zero attached hydrogens (tertiary/aromatic N) is 3. The van der Waals surface area contributed by atoms with Gasteiger partial charge in [0, 0.05) is 18.9 Å². The van der Waals surface area contributed by atoms with E-state index >= 15 is 0 Å². The van der Waals surface area contributed by atoms with Crippen molar-refractivity contribution < 1.29 is 14.0 Å². The molecule has 2 heterocycles. The Balaban J connectivity index is 1.46. The maximum absolute atomic E-state index is 13.8. The number of hydrogen-bond acceptors (Lipinski definition) is 4. The first-order chi connectivity index (χ1) is 13.1. The molecule has 0 spiro atoms. The Labute approximate surface area is 154 Å². The Hall–Kier alpha value is -3.29. The van der Waals surface area contributed by atoms with Crippen molar-refractivity contribution in [2.24, 2.45) is 0 Å². The van der Waals surface area contributed by atoms with Crippen molar-refractivity contribution in [3.8, 4) is 0 Å². The average molecular weight is 367 g/mol. The molecule has 0 unspecified atom stereocenters. The van der Waals surface area contributed by atoms with Gasteiger partial charge in [0.1, 0.15) is 11.4 Å². The quantitative estimate of drug-likeness (QED) is 0.721. The standard InChI is InChI=1S/C19H18FN5O2/c20-15-6-2-1-5-13(15)17(26)22-12-19(7-3-8-19)24-18(27)14-11-23-25-10-4-9-21-16(14)25/h1-2,4-6,9-11H,3,7-8,12H2,(H,22,26)(H,24,27). The number of benzene rings is 1. The number of halogens is 1. The van der Waals surface area contributed by atoms with E-state index in [1.807, 2.05) is 0 Å². The number of amides is 2. The first-order valence-electron chi connectivity index (χ1n) is 8.72. The minimum atomic E-state index is -0.570. The van der Waals surface area contributed by atoms with Crippen molar-refractivity contribution in [3.05, 3.63) is 65.9 Å². The third kappa shape index (κ3) is 3.25. The number of carbonyl (C=O) groups excluding carboxylic acids is 2. The van der Waals surface area contributed by atoms with E-state index in [9.17, 15) is 14.0 Å². The minimum absolute atomic E-state index is 0.00914. The zero-order valence-electron chi connectivity index (χ0n) is 14.5. The normalized spacial score (nSPS) is 15.1. The Morgan fingerprint density at radius 2 is 1.96 bits per heavy atom. The predicted molar refractivity (Wildman–Crippen MR) is 95.8 cm³/mol. The van der Waals surface area contributed by atoms with Crippen LogP contribution in [0, 0.1) is 5.82 Å². The first-order valence-corrected chi connectivity index (χ1v) is 8.72. The van der Waals surface area contributed by atoms with E-state index in [0.29, 0.717) is 11.2 Å². The smallest absolute Gasteiger partial charge is 0.257 e. The lowest BCUT2D eigenvalue weighted by atomic mass is 9.76. The number of nitrogens with one attached hydrogen (secondary N) is 2. The fourth-order valence-corrected chi connectivity index (χ4v) is 3.24. The molecule has 2 amide bonds. The van der Waals surface area contributed by atoms with E-state index in [1.165, 1.54) is 28.9 Å². The Morgan fingerprint density at radius 1 is 1.15 bits per heavy atom. The Bertz CT molecular complexity index is 1010. The monoisotopic (exact) mass is 367 g/mol. The summed E-state index contributed by atoms with van der Waals surface area (Å²) in [5.74, 6) is -1.35. The molecule has 0 saturated heterocycles. The summed E-state index contributed by atoms with van der Waals surface area (Å²) < 4.78 is 15.3. The molecule has 1 saturated carbocycles. The molecule has 1 aliphatic rings. The lowest BCUT2D eigenvalue weighted by Gasteiger charge is -2.42. The number of rotatable bonds is 5. The zero-order valence-corrected chi connectivity index (χ0v) is 14.5. The van der Waals surface area contributed by atoms with E-state index < -0.39 is 17.3 Å². The molecule has 8 heteroatoms. The van der Waals surface area contributed by atoms with Gasteiger partial charge in [0.25, 0.3) is 11.8 Å². The molecule has 2 aromatic heterocycles.